The molecule has 0 spiro atoms. The minimum Gasteiger partial charge on any atom is -0.472 e. The molecule has 0 radical (unpaired) electrons. The standard InChI is InChI=1S/C15H18ClN3O/c1-11(2)17-9-14-6-7-15(19-18-14)20-10-12-4-3-5-13(16)8-12/h3-8,11,17H,9-10H2,1-2H3. The summed E-state index contributed by atoms with van der Waals surface area (Å²) in [4.78, 5) is 0. The second-order valence-corrected chi connectivity index (χ2v) is 5.25. The lowest BCUT2D eigenvalue weighted by Crippen LogP contribution is -2.22. The van der Waals surface area contributed by atoms with Gasteiger partial charge in [-0.2, -0.15) is 5.10 Å². The summed E-state index contributed by atoms with van der Waals surface area (Å²) in [6.07, 6.45) is 0. The lowest BCUT2D eigenvalue weighted by atomic mass is 10.2. The number of halogens is 1. The summed E-state index contributed by atoms with van der Waals surface area (Å²) in [7, 11) is 0. The summed E-state index contributed by atoms with van der Waals surface area (Å²) in [5.41, 5.74) is 1.90. The number of hydrogen-bond acceptors (Lipinski definition) is 4. The zero-order valence-electron chi connectivity index (χ0n) is 11.6. The van der Waals surface area contributed by atoms with E-state index in [0.717, 1.165) is 11.3 Å². The molecule has 0 amide bonds. The first kappa shape index (κ1) is 14.8. The molecule has 20 heavy (non-hydrogen) atoms. The molecule has 5 heteroatoms. The highest BCUT2D eigenvalue weighted by molar-refractivity contribution is 6.30. The molecular formula is C15H18ClN3O. The Balaban J connectivity index is 1.87. The van der Waals surface area contributed by atoms with E-state index in [1.807, 2.05) is 36.4 Å². The highest BCUT2D eigenvalue weighted by Crippen LogP contribution is 2.13. The van der Waals surface area contributed by atoms with Crippen LogP contribution in [-0.4, -0.2) is 16.2 Å². The van der Waals surface area contributed by atoms with Crippen LogP contribution in [0.15, 0.2) is 36.4 Å². The van der Waals surface area contributed by atoms with E-state index >= 15 is 0 Å². The van der Waals surface area contributed by atoms with E-state index < -0.39 is 0 Å². The van der Waals surface area contributed by atoms with Gasteiger partial charge in [0.15, 0.2) is 0 Å². The number of rotatable bonds is 6. The number of aromatic nitrogens is 2. The van der Waals surface area contributed by atoms with Crippen LogP contribution in [0.4, 0.5) is 0 Å². The molecule has 0 saturated carbocycles. The molecule has 2 aromatic rings. The van der Waals surface area contributed by atoms with E-state index in [0.29, 0.717) is 30.1 Å². The Morgan fingerprint density at radius 1 is 1.20 bits per heavy atom. The number of ether oxygens (including phenoxy) is 1. The highest BCUT2D eigenvalue weighted by Gasteiger charge is 2.01. The molecule has 0 fully saturated rings. The normalized spacial score (nSPS) is 10.8. The molecule has 4 nitrogen and oxygen atoms in total. The molecule has 0 saturated heterocycles. The fourth-order valence-corrected chi connectivity index (χ4v) is 1.82. The van der Waals surface area contributed by atoms with Crippen LogP contribution in [0.25, 0.3) is 0 Å². The Bertz CT molecular complexity index is 543. The van der Waals surface area contributed by atoms with Gasteiger partial charge in [-0.05, 0) is 23.8 Å². The average Bonchev–Trinajstić information content (AvgIpc) is 2.44. The summed E-state index contributed by atoms with van der Waals surface area (Å²) in [6, 6.07) is 11.7. The molecule has 0 aliphatic heterocycles. The third-order valence-corrected chi connectivity index (χ3v) is 2.90. The largest absolute Gasteiger partial charge is 0.472 e. The van der Waals surface area contributed by atoms with Crippen molar-refractivity contribution in [2.24, 2.45) is 0 Å². The Morgan fingerprint density at radius 3 is 2.70 bits per heavy atom. The van der Waals surface area contributed by atoms with Crippen molar-refractivity contribution in [1.29, 1.82) is 0 Å². The first-order valence-corrected chi connectivity index (χ1v) is 6.94. The monoisotopic (exact) mass is 291 g/mol. The summed E-state index contributed by atoms with van der Waals surface area (Å²) < 4.78 is 5.57. The van der Waals surface area contributed by atoms with Crippen molar-refractivity contribution in [2.75, 3.05) is 0 Å². The van der Waals surface area contributed by atoms with Gasteiger partial charge in [-0.1, -0.05) is 37.6 Å². The molecule has 1 N–H and O–H groups in total. The van der Waals surface area contributed by atoms with E-state index in [1.54, 1.807) is 0 Å². The van der Waals surface area contributed by atoms with Gasteiger partial charge in [0.25, 0.3) is 0 Å². The predicted molar refractivity (Wildman–Crippen MR) is 79.8 cm³/mol. The summed E-state index contributed by atoms with van der Waals surface area (Å²) >= 11 is 5.92. The number of nitrogens with one attached hydrogen (secondary N) is 1. The molecule has 0 aliphatic carbocycles. The van der Waals surface area contributed by atoms with Gasteiger partial charge in [-0.3, -0.25) is 0 Å². The predicted octanol–water partition coefficient (Wildman–Crippen LogP) is 3.21. The molecule has 1 aromatic carbocycles. The van der Waals surface area contributed by atoms with E-state index in [2.05, 4.69) is 29.4 Å². The number of benzene rings is 1. The lowest BCUT2D eigenvalue weighted by molar-refractivity contribution is 0.289. The van der Waals surface area contributed by atoms with E-state index in [-0.39, 0.29) is 0 Å². The van der Waals surface area contributed by atoms with Crippen molar-refractivity contribution in [3.63, 3.8) is 0 Å². The fourth-order valence-electron chi connectivity index (χ4n) is 1.61. The fraction of sp³-hybridized carbons (Fsp3) is 0.333. The second kappa shape index (κ2) is 7.22. The van der Waals surface area contributed by atoms with Gasteiger partial charge in [0.2, 0.25) is 5.88 Å². The van der Waals surface area contributed by atoms with Crippen molar-refractivity contribution in [3.05, 3.63) is 52.7 Å². The van der Waals surface area contributed by atoms with Crippen LogP contribution in [0, 0.1) is 0 Å². The smallest absolute Gasteiger partial charge is 0.233 e. The maximum Gasteiger partial charge on any atom is 0.233 e. The SMILES string of the molecule is CC(C)NCc1ccc(OCc2cccc(Cl)c2)nn1. The van der Waals surface area contributed by atoms with E-state index in [9.17, 15) is 0 Å². The van der Waals surface area contributed by atoms with Gasteiger partial charge in [0.1, 0.15) is 6.61 Å². The summed E-state index contributed by atoms with van der Waals surface area (Å²) in [5, 5.41) is 12.2. The lowest BCUT2D eigenvalue weighted by Gasteiger charge is -2.08. The molecule has 1 heterocycles. The third kappa shape index (κ3) is 4.79. The first-order valence-electron chi connectivity index (χ1n) is 6.57. The zero-order valence-corrected chi connectivity index (χ0v) is 12.4. The maximum absolute atomic E-state index is 5.92. The van der Waals surface area contributed by atoms with Crippen molar-refractivity contribution >= 4 is 11.6 Å². The third-order valence-electron chi connectivity index (χ3n) is 2.66. The van der Waals surface area contributed by atoms with Crippen molar-refractivity contribution in [2.45, 2.75) is 33.0 Å². The summed E-state index contributed by atoms with van der Waals surface area (Å²) in [5.74, 6) is 0.512. The quantitative estimate of drug-likeness (QED) is 0.888. The molecular weight excluding hydrogens is 274 g/mol. The van der Waals surface area contributed by atoms with Gasteiger partial charge in [-0.15, -0.1) is 5.10 Å². The molecule has 0 aliphatic rings. The molecule has 0 unspecified atom stereocenters. The van der Waals surface area contributed by atoms with Crippen LogP contribution in [0.1, 0.15) is 25.1 Å². The van der Waals surface area contributed by atoms with Gasteiger partial charge < -0.3 is 10.1 Å². The van der Waals surface area contributed by atoms with Crippen LogP contribution in [0.2, 0.25) is 5.02 Å². The van der Waals surface area contributed by atoms with E-state index in [4.69, 9.17) is 16.3 Å². The van der Waals surface area contributed by atoms with E-state index in [1.165, 1.54) is 0 Å². The molecule has 0 bridgehead atoms. The second-order valence-electron chi connectivity index (χ2n) is 4.82. The molecule has 1 aromatic heterocycles. The van der Waals surface area contributed by atoms with Crippen LogP contribution in [0.3, 0.4) is 0 Å². The van der Waals surface area contributed by atoms with Crippen molar-refractivity contribution in [3.8, 4) is 5.88 Å². The first-order chi connectivity index (χ1) is 9.63. The van der Waals surface area contributed by atoms with Crippen LogP contribution in [0.5, 0.6) is 5.88 Å². The van der Waals surface area contributed by atoms with Gasteiger partial charge in [0.05, 0.1) is 5.69 Å². The van der Waals surface area contributed by atoms with Crippen LogP contribution < -0.4 is 10.1 Å². The molecule has 106 valence electrons. The Hall–Kier alpha value is -1.65. The molecule has 0 atom stereocenters. The number of hydrogen-bond donors (Lipinski definition) is 1. The van der Waals surface area contributed by atoms with Gasteiger partial charge in [0, 0.05) is 23.7 Å². The van der Waals surface area contributed by atoms with Gasteiger partial charge >= 0.3 is 0 Å². The van der Waals surface area contributed by atoms with Crippen molar-refractivity contribution in [1.82, 2.24) is 15.5 Å². The highest BCUT2D eigenvalue weighted by atomic mass is 35.5. The Labute approximate surface area is 124 Å². The molecule has 2 rings (SSSR count). The Kier molecular flexibility index (Phi) is 5.32. The topological polar surface area (TPSA) is 47.0 Å². The zero-order chi connectivity index (χ0) is 14.4. The minimum atomic E-state index is 0.426. The van der Waals surface area contributed by atoms with Crippen LogP contribution in [-0.2, 0) is 13.2 Å². The average molecular weight is 292 g/mol. The Morgan fingerprint density at radius 2 is 2.05 bits per heavy atom. The minimum absolute atomic E-state index is 0.426. The van der Waals surface area contributed by atoms with Crippen LogP contribution >= 0.6 is 11.6 Å². The maximum atomic E-state index is 5.92. The number of nitrogens with zero attached hydrogens (tertiary/aromatic N) is 2. The van der Waals surface area contributed by atoms with Gasteiger partial charge in [-0.25, -0.2) is 0 Å². The summed E-state index contributed by atoms with van der Waals surface area (Å²) in [6.45, 7) is 5.32. The van der Waals surface area contributed by atoms with Crippen molar-refractivity contribution < 1.29 is 4.74 Å².